The van der Waals surface area contributed by atoms with Crippen LogP contribution in [0.4, 0.5) is 0 Å². The number of hydrogen-bond donors (Lipinski definition) is 0. The second-order valence-corrected chi connectivity index (χ2v) is 7.11. The van der Waals surface area contributed by atoms with Crippen molar-refractivity contribution in [2.75, 3.05) is 26.4 Å². The minimum Gasteiger partial charge on any atom is -0.498 e. The van der Waals surface area contributed by atoms with E-state index in [9.17, 15) is 0 Å². The first-order chi connectivity index (χ1) is 14.3. The average molecular weight is 395 g/mol. The molecule has 0 heterocycles. The molecule has 2 aromatic carbocycles. The number of ether oxygens (including phenoxy) is 4. The van der Waals surface area contributed by atoms with E-state index in [0.29, 0.717) is 26.4 Å². The van der Waals surface area contributed by atoms with Crippen LogP contribution in [0.5, 0.6) is 11.5 Å². The Bertz CT molecular complexity index is 697. The summed E-state index contributed by atoms with van der Waals surface area (Å²) in [6.07, 6.45) is 7.67. The van der Waals surface area contributed by atoms with Crippen LogP contribution in [0.25, 0.3) is 0 Å². The van der Waals surface area contributed by atoms with Crippen LogP contribution in [0.3, 0.4) is 0 Å². The van der Waals surface area contributed by atoms with Crippen LogP contribution in [0.15, 0.2) is 74.2 Å². The fraction of sp³-hybridized carbons (Fsp3) is 0.360. The first-order valence-electron chi connectivity index (χ1n) is 10.2. The van der Waals surface area contributed by atoms with E-state index >= 15 is 0 Å². The quantitative estimate of drug-likeness (QED) is 0.346. The van der Waals surface area contributed by atoms with Gasteiger partial charge >= 0.3 is 0 Å². The molecule has 0 aromatic heterocycles. The molecule has 1 aliphatic rings. The van der Waals surface area contributed by atoms with Gasteiger partial charge < -0.3 is 18.9 Å². The van der Waals surface area contributed by atoms with Crippen LogP contribution in [-0.2, 0) is 14.9 Å². The molecule has 4 heteroatoms. The zero-order valence-electron chi connectivity index (χ0n) is 17.0. The summed E-state index contributed by atoms with van der Waals surface area (Å²) in [7, 11) is 0. The molecule has 0 unspecified atom stereocenters. The summed E-state index contributed by atoms with van der Waals surface area (Å²) in [5.74, 6) is 1.72. The molecule has 0 atom stereocenters. The number of benzene rings is 2. The first kappa shape index (κ1) is 20.8. The summed E-state index contributed by atoms with van der Waals surface area (Å²) in [6, 6.07) is 17.0. The third-order valence-electron chi connectivity index (χ3n) is 5.45. The Balaban J connectivity index is 1.69. The third kappa shape index (κ3) is 5.35. The van der Waals surface area contributed by atoms with Crippen molar-refractivity contribution in [1.29, 1.82) is 0 Å². The van der Waals surface area contributed by atoms with E-state index < -0.39 is 0 Å². The molecule has 1 aliphatic carbocycles. The molecule has 2 aromatic rings. The van der Waals surface area contributed by atoms with Crippen molar-refractivity contribution in [3.63, 3.8) is 0 Å². The Morgan fingerprint density at radius 3 is 1.45 bits per heavy atom. The van der Waals surface area contributed by atoms with E-state index in [-0.39, 0.29) is 5.41 Å². The summed E-state index contributed by atoms with van der Waals surface area (Å²) >= 11 is 0. The smallest absolute Gasteiger partial charge is 0.122 e. The van der Waals surface area contributed by atoms with Gasteiger partial charge in [0.15, 0.2) is 0 Å². The Hall–Kier alpha value is -2.88. The largest absolute Gasteiger partial charge is 0.498 e. The van der Waals surface area contributed by atoms with Crippen LogP contribution in [0.2, 0.25) is 0 Å². The van der Waals surface area contributed by atoms with Crippen molar-refractivity contribution in [3.05, 3.63) is 85.3 Å². The van der Waals surface area contributed by atoms with Crippen molar-refractivity contribution < 1.29 is 18.9 Å². The zero-order valence-corrected chi connectivity index (χ0v) is 17.0. The molecular weight excluding hydrogens is 364 g/mol. The maximum Gasteiger partial charge on any atom is 0.122 e. The van der Waals surface area contributed by atoms with Gasteiger partial charge in [-0.25, -0.2) is 0 Å². The summed E-state index contributed by atoms with van der Waals surface area (Å²) in [6.45, 7) is 9.09. The monoisotopic (exact) mass is 394 g/mol. The lowest BCUT2D eigenvalue weighted by atomic mass is 9.73. The van der Waals surface area contributed by atoms with Crippen molar-refractivity contribution in [1.82, 2.24) is 0 Å². The molecule has 0 aliphatic heterocycles. The van der Waals surface area contributed by atoms with Crippen molar-refractivity contribution in [2.45, 2.75) is 31.1 Å². The van der Waals surface area contributed by atoms with Crippen LogP contribution in [-0.4, -0.2) is 26.4 Å². The minimum absolute atomic E-state index is 0.0644. The molecule has 0 amide bonds. The van der Waals surface area contributed by atoms with Crippen LogP contribution < -0.4 is 9.47 Å². The maximum atomic E-state index is 5.73. The maximum absolute atomic E-state index is 5.73. The van der Waals surface area contributed by atoms with Gasteiger partial charge in [0.2, 0.25) is 0 Å². The highest BCUT2D eigenvalue weighted by atomic mass is 16.5. The van der Waals surface area contributed by atoms with Crippen molar-refractivity contribution >= 4 is 0 Å². The van der Waals surface area contributed by atoms with E-state index in [0.717, 1.165) is 24.3 Å². The van der Waals surface area contributed by atoms with Crippen LogP contribution in [0, 0.1) is 0 Å². The highest BCUT2D eigenvalue weighted by Gasteiger charge is 2.37. The van der Waals surface area contributed by atoms with Crippen molar-refractivity contribution in [2.24, 2.45) is 0 Å². The minimum atomic E-state index is 0.0644. The lowest BCUT2D eigenvalue weighted by molar-refractivity contribution is 0.179. The second-order valence-electron chi connectivity index (χ2n) is 7.11. The van der Waals surface area contributed by atoms with Gasteiger partial charge in [-0.15, -0.1) is 0 Å². The van der Waals surface area contributed by atoms with Crippen LogP contribution in [0.1, 0.15) is 36.8 Å². The predicted octanol–water partition coefficient (Wildman–Crippen LogP) is 5.62. The molecular formula is C25H30O4. The lowest BCUT2D eigenvalue weighted by Gasteiger charge is -2.31. The van der Waals surface area contributed by atoms with E-state index in [1.165, 1.54) is 36.5 Å². The van der Waals surface area contributed by atoms with Gasteiger partial charge in [-0.2, -0.15) is 0 Å². The normalized spacial score (nSPS) is 14.8. The van der Waals surface area contributed by atoms with Crippen molar-refractivity contribution in [3.8, 4) is 11.5 Å². The highest BCUT2D eigenvalue weighted by molar-refractivity contribution is 5.44. The van der Waals surface area contributed by atoms with Gasteiger partial charge in [0.05, 0.1) is 12.5 Å². The zero-order chi connectivity index (χ0) is 20.4. The van der Waals surface area contributed by atoms with Gasteiger partial charge in [-0.1, -0.05) is 50.3 Å². The van der Waals surface area contributed by atoms with Gasteiger partial charge in [0, 0.05) is 5.41 Å². The van der Waals surface area contributed by atoms with Gasteiger partial charge in [-0.05, 0) is 48.2 Å². The fourth-order valence-corrected chi connectivity index (χ4v) is 4.04. The molecule has 1 saturated carbocycles. The fourth-order valence-electron chi connectivity index (χ4n) is 4.04. The Morgan fingerprint density at radius 1 is 0.655 bits per heavy atom. The topological polar surface area (TPSA) is 36.9 Å². The first-order valence-corrected chi connectivity index (χ1v) is 10.2. The Morgan fingerprint density at radius 2 is 1.07 bits per heavy atom. The predicted molar refractivity (Wildman–Crippen MR) is 115 cm³/mol. The summed E-state index contributed by atoms with van der Waals surface area (Å²) < 4.78 is 21.7. The van der Waals surface area contributed by atoms with E-state index in [4.69, 9.17) is 18.9 Å². The molecule has 0 bridgehead atoms. The number of hydrogen-bond acceptors (Lipinski definition) is 4. The molecule has 0 radical (unpaired) electrons. The molecule has 0 saturated heterocycles. The van der Waals surface area contributed by atoms with Gasteiger partial charge in [0.1, 0.15) is 37.9 Å². The summed E-state index contributed by atoms with van der Waals surface area (Å²) in [5, 5.41) is 0. The van der Waals surface area contributed by atoms with E-state index in [1.807, 2.05) is 0 Å². The lowest BCUT2D eigenvalue weighted by Crippen LogP contribution is -2.23. The molecule has 3 rings (SSSR count). The molecule has 1 fully saturated rings. The average Bonchev–Trinajstić information content (AvgIpc) is 3.26. The summed E-state index contributed by atoms with van der Waals surface area (Å²) in [4.78, 5) is 0. The van der Waals surface area contributed by atoms with E-state index in [2.05, 4.69) is 61.7 Å². The molecule has 154 valence electrons. The van der Waals surface area contributed by atoms with Gasteiger partial charge in [0.25, 0.3) is 0 Å². The number of rotatable bonds is 12. The molecule has 0 N–H and O–H groups in total. The third-order valence-corrected chi connectivity index (χ3v) is 5.45. The molecule has 0 spiro atoms. The van der Waals surface area contributed by atoms with E-state index in [1.54, 1.807) is 0 Å². The molecule has 29 heavy (non-hydrogen) atoms. The Labute approximate surface area is 173 Å². The summed E-state index contributed by atoms with van der Waals surface area (Å²) in [5.41, 5.74) is 2.75. The van der Waals surface area contributed by atoms with Gasteiger partial charge in [-0.3, -0.25) is 0 Å². The molecule has 4 nitrogen and oxygen atoms in total. The standard InChI is InChI=1S/C25H30O4/c1-3-26-17-19-28-23-11-7-21(8-12-23)25(15-5-6-16-25)22-9-13-24(14-10-22)29-20-18-27-4-2/h3-4,7-14H,1-2,5-6,15-20H2. The van der Waals surface area contributed by atoms with Crippen LogP contribution >= 0.6 is 0 Å². The second kappa shape index (κ2) is 10.6. The SMILES string of the molecule is C=COCCOc1ccc(C2(c3ccc(OCCOC=C)cc3)CCCC2)cc1. The highest BCUT2D eigenvalue weighted by Crippen LogP contribution is 2.47. The Kier molecular flexibility index (Phi) is 7.62.